The SMILES string of the molecule is O=C(CC(CNC(=O)C1CCNCC1)c1ccc(Cl)cc1)N[C@@H](Cc1ccccc1)C(=O)O. The average Bonchev–Trinajstić information content (AvgIpc) is 2.83. The van der Waals surface area contributed by atoms with Crippen LogP contribution in [0, 0.1) is 5.92 Å². The van der Waals surface area contributed by atoms with Gasteiger partial charge >= 0.3 is 5.97 Å². The number of carboxylic acids is 1. The van der Waals surface area contributed by atoms with Crippen LogP contribution in [-0.4, -0.2) is 48.6 Å². The third-order valence-corrected chi connectivity index (χ3v) is 6.17. The molecular weight excluding hydrogens is 442 g/mol. The summed E-state index contributed by atoms with van der Waals surface area (Å²) < 4.78 is 0. The molecule has 1 aliphatic heterocycles. The van der Waals surface area contributed by atoms with Gasteiger partial charge in [-0.1, -0.05) is 54.1 Å². The van der Waals surface area contributed by atoms with Crippen molar-refractivity contribution in [2.45, 2.75) is 37.6 Å². The fourth-order valence-corrected chi connectivity index (χ4v) is 4.15. The van der Waals surface area contributed by atoms with E-state index in [0.717, 1.165) is 37.1 Å². The van der Waals surface area contributed by atoms with Crippen molar-refractivity contribution >= 4 is 29.4 Å². The number of carboxylic acid groups (broad SMARTS) is 1. The van der Waals surface area contributed by atoms with E-state index in [0.29, 0.717) is 5.02 Å². The molecule has 4 N–H and O–H groups in total. The van der Waals surface area contributed by atoms with Gasteiger partial charge in [0.1, 0.15) is 6.04 Å². The van der Waals surface area contributed by atoms with Crippen molar-refractivity contribution in [3.05, 3.63) is 70.7 Å². The Kier molecular flexibility index (Phi) is 9.27. The number of carbonyl (C=O) groups excluding carboxylic acids is 2. The van der Waals surface area contributed by atoms with Crippen LogP contribution in [-0.2, 0) is 20.8 Å². The van der Waals surface area contributed by atoms with Crippen molar-refractivity contribution in [2.24, 2.45) is 5.92 Å². The van der Waals surface area contributed by atoms with Crippen LogP contribution < -0.4 is 16.0 Å². The van der Waals surface area contributed by atoms with Gasteiger partial charge in [0.15, 0.2) is 0 Å². The minimum atomic E-state index is -1.09. The van der Waals surface area contributed by atoms with Gasteiger partial charge in [-0.05, 0) is 49.2 Å². The number of halogens is 1. The van der Waals surface area contributed by atoms with E-state index in [4.69, 9.17) is 11.6 Å². The molecule has 1 aliphatic rings. The molecular formula is C25H30ClN3O4. The first-order valence-corrected chi connectivity index (χ1v) is 11.6. The molecule has 2 amide bonds. The Balaban J connectivity index is 1.64. The Morgan fingerprint density at radius 3 is 2.33 bits per heavy atom. The number of hydrogen-bond donors (Lipinski definition) is 4. The van der Waals surface area contributed by atoms with Gasteiger partial charge in [0.25, 0.3) is 0 Å². The molecule has 8 heteroatoms. The molecule has 2 aromatic carbocycles. The Morgan fingerprint density at radius 2 is 1.70 bits per heavy atom. The normalized spacial score (nSPS) is 15.9. The van der Waals surface area contributed by atoms with Gasteiger partial charge in [0.2, 0.25) is 11.8 Å². The van der Waals surface area contributed by atoms with Gasteiger partial charge in [0, 0.05) is 36.2 Å². The number of nitrogens with one attached hydrogen (secondary N) is 3. The lowest BCUT2D eigenvalue weighted by Gasteiger charge is -2.24. The molecule has 33 heavy (non-hydrogen) atoms. The van der Waals surface area contributed by atoms with Gasteiger partial charge < -0.3 is 21.1 Å². The maximum absolute atomic E-state index is 12.8. The predicted octanol–water partition coefficient (Wildman–Crippen LogP) is 2.74. The minimum Gasteiger partial charge on any atom is -0.480 e. The number of hydrogen-bond acceptors (Lipinski definition) is 4. The Morgan fingerprint density at radius 1 is 1.03 bits per heavy atom. The molecule has 1 unspecified atom stereocenters. The third-order valence-electron chi connectivity index (χ3n) is 5.92. The van der Waals surface area contributed by atoms with Crippen molar-refractivity contribution in [3.8, 4) is 0 Å². The molecule has 1 fully saturated rings. The molecule has 2 atom stereocenters. The molecule has 1 heterocycles. The molecule has 2 aromatic rings. The largest absolute Gasteiger partial charge is 0.480 e. The zero-order valence-electron chi connectivity index (χ0n) is 18.4. The summed E-state index contributed by atoms with van der Waals surface area (Å²) in [5, 5.41) is 19.0. The second-order valence-electron chi connectivity index (χ2n) is 8.37. The van der Waals surface area contributed by atoms with Gasteiger partial charge in [-0.3, -0.25) is 9.59 Å². The number of benzene rings is 2. The summed E-state index contributed by atoms with van der Waals surface area (Å²) in [5.74, 6) is -1.82. The van der Waals surface area contributed by atoms with E-state index in [1.165, 1.54) is 0 Å². The van der Waals surface area contributed by atoms with Crippen LogP contribution in [0.1, 0.15) is 36.3 Å². The Hall–Kier alpha value is -2.90. The van der Waals surface area contributed by atoms with Crippen molar-refractivity contribution < 1.29 is 19.5 Å². The van der Waals surface area contributed by atoms with Crippen LogP contribution in [0.4, 0.5) is 0 Å². The predicted molar refractivity (Wildman–Crippen MR) is 127 cm³/mol. The molecule has 0 aromatic heterocycles. The summed E-state index contributed by atoms with van der Waals surface area (Å²) in [6.45, 7) is 1.92. The molecule has 176 valence electrons. The monoisotopic (exact) mass is 471 g/mol. The zero-order chi connectivity index (χ0) is 23.6. The van der Waals surface area contributed by atoms with Gasteiger partial charge in [0.05, 0.1) is 0 Å². The highest BCUT2D eigenvalue weighted by Crippen LogP contribution is 2.22. The van der Waals surface area contributed by atoms with Crippen LogP contribution in [0.2, 0.25) is 5.02 Å². The van der Waals surface area contributed by atoms with Crippen LogP contribution in [0.25, 0.3) is 0 Å². The first kappa shape index (κ1) is 24.7. The Bertz CT molecular complexity index is 930. The van der Waals surface area contributed by atoms with E-state index in [2.05, 4.69) is 16.0 Å². The second kappa shape index (κ2) is 12.4. The first-order chi connectivity index (χ1) is 15.9. The summed E-state index contributed by atoms with van der Waals surface area (Å²) in [6.07, 6.45) is 1.82. The molecule has 7 nitrogen and oxygen atoms in total. The van der Waals surface area contributed by atoms with E-state index in [1.54, 1.807) is 12.1 Å². The lowest BCUT2D eigenvalue weighted by atomic mass is 9.93. The summed E-state index contributed by atoms with van der Waals surface area (Å²) in [5.41, 5.74) is 1.68. The molecule has 0 spiro atoms. The topological polar surface area (TPSA) is 108 Å². The van der Waals surface area contributed by atoms with Gasteiger partial charge in [-0.15, -0.1) is 0 Å². The number of amides is 2. The molecule has 0 bridgehead atoms. The molecule has 0 saturated carbocycles. The first-order valence-electron chi connectivity index (χ1n) is 11.2. The van der Waals surface area contributed by atoms with Crippen LogP contribution >= 0.6 is 11.6 Å². The lowest BCUT2D eigenvalue weighted by Crippen LogP contribution is -2.44. The summed E-state index contributed by atoms with van der Waals surface area (Å²) >= 11 is 6.01. The number of piperidine rings is 1. The van der Waals surface area contributed by atoms with E-state index in [1.807, 2.05) is 42.5 Å². The quantitative estimate of drug-likeness (QED) is 0.426. The highest BCUT2D eigenvalue weighted by atomic mass is 35.5. The Labute approximate surface area is 198 Å². The highest BCUT2D eigenvalue weighted by Gasteiger charge is 2.25. The molecule has 1 saturated heterocycles. The summed E-state index contributed by atoms with van der Waals surface area (Å²) in [7, 11) is 0. The highest BCUT2D eigenvalue weighted by molar-refractivity contribution is 6.30. The van der Waals surface area contributed by atoms with Crippen molar-refractivity contribution in [2.75, 3.05) is 19.6 Å². The maximum atomic E-state index is 12.8. The minimum absolute atomic E-state index is 0.0108. The lowest BCUT2D eigenvalue weighted by molar-refractivity contribution is -0.141. The smallest absolute Gasteiger partial charge is 0.326 e. The van der Waals surface area contributed by atoms with E-state index < -0.39 is 12.0 Å². The maximum Gasteiger partial charge on any atom is 0.326 e. The summed E-state index contributed by atoms with van der Waals surface area (Å²) in [4.78, 5) is 37.2. The van der Waals surface area contributed by atoms with Crippen LogP contribution in [0.3, 0.4) is 0 Å². The number of aliphatic carboxylic acids is 1. The van der Waals surface area contributed by atoms with E-state index >= 15 is 0 Å². The standard InChI is InChI=1S/C25H30ClN3O4/c26-21-8-6-18(7-9-21)20(16-28-24(31)19-10-12-27-13-11-19)15-23(30)29-22(25(32)33)14-17-4-2-1-3-5-17/h1-9,19-20,22,27H,10-16H2,(H,28,31)(H,29,30)(H,32,33)/t20?,22-/m0/s1. The third kappa shape index (κ3) is 7.87. The second-order valence-corrected chi connectivity index (χ2v) is 8.81. The molecule has 0 radical (unpaired) electrons. The fraction of sp³-hybridized carbons (Fsp3) is 0.400. The van der Waals surface area contributed by atoms with Gasteiger partial charge in [-0.25, -0.2) is 4.79 Å². The molecule has 0 aliphatic carbocycles. The van der Waals surface area contributed by atoms with Crippen molar-refractivity contribution in [1.29, 1.82) is 0 Å². The van der Waals surface area contributed by atoms with Crippen LogP contribution in [0.5, 0.6) is 0 Å². The number of carbonyl (C=O) groups is 3. The molecule has 3 rings (SSSR count). The van der Waals surface area contributed by atoms with Crippen LogP contribution in [0.15, 0.2) is 54.6 Å². The number of rotatable bonds is 10. The van der Waals surface area contributed by atoms with Crippen molar-refractivity contribution in [3.63, 3.8) is 0 Å². The summed E-state index contributed by atoms with van der Waals surface area (Å²) in [6, 6.07) is 15.3. The zero-order valence-corrected chi connectivity index (χ0v) is 19.2. The van der Waals surface area contributed by atoms with Crippen molar-refractivity contribution in [1.82, 2.24) is 16.0 Å². The van der Waals surface area contributed by atoms with Gasteiger partial charge in [-0.2, -0.15) is 0 Å². The fourth-order valence-electron chi connectivity index (χ4n) is 4.02. The van der Waals surface area contributed by atoms with E-state index in [-0.39, 0.29) is 43.0 Å². The average molecular weight is 472 g/mol. The van der Waals surface area contributed by atoms with E-state index in [9.17, 15) is 19.5 Å².